The second-order valence-electron chi connectivity index (χ2n) is 4.79. The van der Waals surface area contributed by atoms with Gasteiger partial charge in [-0.2, -0.15) is 0 Å². The van der Waals surface area contributed by atoms with Crippen molar-refractivity contribution < 1.29 is 17.8 Å². The summed E-state index contributed by atoms with van der Waals surface area (Å²) >= 11 is 5.87. The van der Waals surface area contributed by atoms with Crippen molar-refractivity contribution in [2.45, 2.75) is 12.2 Å². The molecule has 0 unspecified atom stereocenters. The summed E-state index contributed by atoms with van der Waals surface area (Å²) in [6, 6.07) is 9.58. The van der Waals surface area contributed by atoms with E-state index < -0.39 is 22.4 Å². The zero-order valence-electron chi connectivity index (χ0n) is 12.0. The molecule has 0 aliphatic rings. The van der Waals surface area contributed by atoms with Crippen molar-refractivity contribution in [3.05, 3.63) is 64.7 Å². The van der Waals surface area contributed by atoms with Crippen molar-refractivity contribution in [1.29, 1.82) is 0 Å². The molecule has 2 aromatic carbocycles. The second kappa shape index (κ2) is 8.17. The lowest BCUT2D eigenvalue weighted by Crippen LogP contribution is -2.15. The number of hydrogen-bond donors (Lipinski definition) is 1. The van der Waals surface area contributed by atoms with E-state index in [1.807, 2.05) is 0 Å². The Morgan fingerprint density at radius 1 is 1.13 bits per heavy atom. The lowest BCUT2D eigenvalue weighted by atomic mass is 10.2. The Balaban J connectivity index is 1.84. The summed E-state index contributed by atoms with van der Waals surface area (Å²) in [7, 11) is -1.42. The Morgan fingerprint density at radius 3 is 2.48 bits per heavy atom. The van der Waals surface area contributed by atoms with Crippen molar-refractivity contribution in [2.75, 3.05) is 11.1 Å². The number of amides is 1. The van der Waals surface area contributed by atoms with Crippen LogP contribution in [0.3, 0.4) is 0 Å². The molecule has 1 amide bonds. The van der Waals surface area contributed by atoms with Crippen molar-refractivity contribution in [2.24, 2.45) is 0 Å². The Bertz CT molecular complexity index is 702. The normalized spacial score (nSPS) is 12.0. The number of benzene rings is 2. The molecule has 0 radical (unpaired) electrons. The van der Waals surface area contributed by atoms with E-state index in [0.717, 1.165) is 0 Å². The molecule has 1 N–H and O–H groups in total. The molecule has 7 heteroatoms. The summed E-state index contributed by atoms with van der Waals surface area (Å²) in [5, 5.41) is 2.79. The monoisotopic (exact) mass is 357 g/mol. The van der Waals surface area contributed by atoms with E-state index in [2.05, 4.69) is 5.32 Å². The molecule has 0 saturated heterocycles. The van der Waals surface area contributed by atoms with Crippen LogP contribution in [0.25, 0.3) is 0 Å². The van der Waals surface area contributed by atoms with E-state index in [9.17, 15) is 17.8 Å². The van der Waals surface area contributed by atoms with Crippen molar-refractivity contribution >= 4 is 34.0 Å². The van der Waals surface area contributed by atoms with Crippen LogP contribution in [0.2, 0.25) is 5.02 Å². The molecule has 0 aromatic heterocycles. The topological polar surface area (TPSA) is 46.2 Å². The summed E-state index contributed by atoms with van der Waals surface area (Å²) in [4.78, 5) is 11.7. The quantitative estimate of drug-likeness (QED) is 0.852. The zero-order chi connectivity index (χ0) is 16.8. The Morgan fingerprint density at radius 2 is 1.83 bits per heavy atom. The second-order valence-corrected chi connectivity index (χ2v) is 6.78. The average molecular weight is 358 g/mol. The molecule has 3 nitrogen and oxygen atoms in total. The lowest BCUT2D eigenvalue weighted by molar-refractivity contribution is -0.115. The molecular formula is C16H14ClF2NO2S. The molecule has 0 aliphatic carbocycles. The van der Waals surface area contributed by atoms with E-state index in [-0.39, 0.29) is 34.4 Å². The largest absolute Gasteiger partial charge is 0.326 e. The van der Waals surface area contributed by atoms with Crippen LogP contribution < -0.4 is 5.32 Å². The van der Waals surface area contributed by atoms with Gasteiger partial charge >= 0.3 is 0 Å². The number of carbonyl (C=O) groups excluding carboxylic acids is 1. The number of nitrogens with one attached hydrogen (secondary N) is 1. The number of anilines is 1. The van der Waals surface area contributed by atoms with Gasteiger partial charge in [0.05, 0.1) is 5.75 Å². The van der Waals surface area contributed by atoms with Crippen molar-refractivity contribution in [3.63, 3.8) is 0 Å². The molecular weight excluding hydrogens is 344 g/mol. The van der Waals surface area contributed by atoms with Crippen LogP contribution >= 0.6 is 11.6 Å². The van der Waals surface area contributed by atoms with Crippen LogP contribution in [0, 0.1) is 11.6 Å². The fraction of sp³-hybridized carbons (Fsp3) is 0.188. The molecule has 0 bridgehead atoms. The molecule has 23 heavy (non-hydrogen) atoms. The van der Waals surface area contributed by atoms with E-state index in [1.54, 1.807) is 0 Å². The van der Waals surface area contributed by atoms with Crippen LogP contribution in [0.1, 0.15) is 12.0 Å². The highest BCUT2D eigenvalue weighted by Gasteiger charge is 2.12. The van der Waals surface area contributed by atoms with Crippen LogP contribution in [-0.4, -0.2) is 15.9 Å². The SMILES string of the molecule is O=C(CC[S@@](=O)Cc1c(F)cccc1Cl)Nc1ccc(F)cc1. The van der Waals surface area contributed by atoms with Crippen LogP contribution in [0.15, 0.2) is 42.5 Å². The van der Waals surface area contributed by atoms with E-state index in [4.69, 9.17) is 11.6 Å². The van der Waals surface area contributed by atoms with Gasteiger partial charge in [0.15, 0.2) is 0 Å². The minimum absolute atomic E-state index is 0.00998. The summed E-state index contributed by atoms with van der Waals surface area (Å²) in [6.45, 7) is 0. The highest BCUT2D eigenvalue weighted by atomic mass is 35.5. The molecule has 122 valence electrons. The molecule has 0 fully saturated rings. The molecule has 0 heterocycles. The standard InChI is InChI=1S/C16H14ClF2NO2S/c17-14-2-1-3-15(19)13(14)10-23(22)9-8-16(21)20-12-6-4-11(18)5-7-12/h1-7H,8-10H2,(H,20,21)/t23-/m1/s1. The summed E-state index contributed by atoms with van der Waals surface area (Å²) in [5.41, 5.74) is 0.644. The molecule has 2 aromatic rings. The first-order valence-corrected chi connectivity index (χ1v) is 8.65. The van der Waals surface area contributed by atoms with E-state index >= 15 is 0 Å². The van der Waals surface area contributed by atoms with Gasteiger partial charge in [0, 0.05) is 39.2 Å². The first kappa shape index (κ1) is 17.6. The van der Waals surface area contributed by atoms with Gasteiger partial charge < -0.3 is 5.32 Å². The lowest BCUT2D eigenvalue weighted by Gasteiger charge is -2.07. The Hall–Kier alpha value is -1.79. The minimum atomic E-state index is -1.42. The van der Waals surface area contributed by atoms with Crippen molar-refractivity contribution in [1.82, 2.24) is 0 Å². The summed E-state index contributed by atoms with van der Waals surface area (Å²) in [5.74, 6) is -1.22. The molecule has 0 saturated carbocycles. The zero-order valence-corrected chi connectivity index (χ0v) is 13.6. The number of carbonyl (C=O) groups is 1. The first-order chi connectivity index (χ1) is 11.0. The molecule has 2 rings (SSSR count). The predicted molar refractivity (Wildman–Crippen MR) is 87.8 cm³/mol. The first-order valence-electron chi connectivity index (χ1n) is 6.79. The van der Waals surface area contributed by atoms with Gasteiger partial charge in [-0.3, -0.25) is 9.00 Å². The molecule has 0 spiro atoms. The van der Waals surface area contributed by atoms with Gasteiger partial charge in [0.2, 0.25) is 5.91 Å². The Labute approximate surface area is 140 Å². The maximum atomic E-state index is 13.6. The van der Waals surface area contributed by atoms with E-state index in [0.29, 0.717) is 5.69 Å². The summed E-state index contributed by atoms with van der Waals surface area (Å²) in [6.07, 6.45) is 0.00998. The fourth-order valence-electron chi connectivity index (χ4n) is 1.87. The number of hydrogen-bond acceptors (Lipinski definition) is 2. The van der Waals surface area contributed by atoms with Gasteiger partial charge in [-0.05, 0) is 36.4 Å². The third-order valence-electron chi connectivity index (χ3n) is 3.05. The fourth-order valence-corrected chi connectivity index (χ4v) is 3.35. The maximum Gasteiger partial charge on any atom is 0.225 e. The Kier molecular flexibility index (Phi) is 6.24. The smallest absolute Gasteiger partial charge is 0.225 e. The molecule has 1 atom stereocenters. The van der Waals surface area contributed by atoms with Gasteiger partial charge in [0.25, 0.3) is 0 Å². The number of rotatable bonds is 6. The third-order valence-corrected chi connectivity index (χ3v) is 4.68. The molecule has 0 aliphatic heterocycles. The highest BCUT2D eigenvalue weighted by molar-refractivity contribution is 7.84. The van der Waals surface area contributed by atoms with Gasteiger partial charge in [0.1, 0.15) is 11.6 Å². The van der Waals surface area contributed by atoms with Gasteiger partial charge in [-0.25, -0.2) is 8.78 Å². The van der Waals surface area contributed by atoms with Gasteiger partial charge in [-0.15, -0.1) is 0 Å². The number of halogens is 3. The van der Waals surface area contributed by atoms with Crippen molar-refractivity contribution in [3.8, 4) is 0 Å². The predicted octanol–water partition coefficient (Wildman–Crippen LogP) is 3.90. The van der Waals surface area contributed by atoms with Crippen LogP contribution in [0.5, 0.6) is 0 Å². The minimum Gasteiger partial charge on any atom is -0.326 e. The van der Waals surface area contributed by atoms with E-state index in [1.165, 1.54) is 42.5 Å². The summed E-state index contributed by atoms with van der Waals surface area (Å²) < 4.78 is 38.3. The van der Waals surface area contributed by atoms with Gasteiger partial charge in [-0.1, -0.05) is 17.7 Å². The maximum absolute atomic E-state index is 13.6. The van der Waals surface area contributed by atoms with Crippen LogP contribution in [-0.2, 0) is 21.3 Å². The third kappa shape index (κ3) is 5.41. The van der Waals surface area contributed by atoms with Crippen LogP contribution in [0.4, 0.5) is 14.5 Å². The average Bonchev–Trinajstić information content (AvgIpc) is 2.51. The highest BCUT2D eigenvalue weighted by Crippen LogP contribution is 2.20.